The Morgan fingerprint density at radius 2 is 1.81 bits per heavy atom. The Morgan fingerprint density at radius 3 is 2.24 bits per heavy atom. The van der Waals surface area contributed by atoms with Crippen molar-refractivity contribution in [2.45, 2.75) is 39.7 Å². The van der Waals surface area contributed by atoms with Crippen LogP contribution in [0.4, 0.5) is 4.79 Å². The van der Waals surface area contributed by atoms with Gasteiger partial charge in [-0.15, -0.1) is 0 Å². The molecule has 0 unspecified atom stereocenters. The molecule has 120 valence electrons. The summed E-state index contributed by atoms with van der Waals surface area (Å²) >= 11 is 0. The SMILES string of the molecule is CC(=O)NCC1CCN(C(=O)N[C@H](C(=O)O)C(C)C)CC1. The van der Waals surface area contributed by atoms with Crippen molar-refractivity contribution in [1.82, 2.24) is 15.5 Å². The van der Waals surface area contributed by atoms with Crippen molar-refractivity contribution in [2.75, 3.05) is 19.6 Å². The zero-order valence-electron chi connectivity index (χ0n) is 12.9. The van der Waals surface area contributed by atoms with Gasteiger partial charge in [0.2, 0.25) is 5.91 Å². The molecule has 3 N–H and O–H groups in total. The second-order valence-electron chi connectivity index (χ2n) is 5.88. The van der Waals surface area contributed by atoms with Crippen molar-refractivity contribution >= 4 is 17.9 Å². The molecule has 0 bridgehead atoms. The zero-order valence-corrected chi connectivity index (χ0v) is 12.9. The number of rotatable bonds is 5. The summed E-state index contributed by atoms with van der Waals surface area (Å²) in [5.74, 6) is -0.850. The third-order valence-electron chi connectivity index (χ3n) is 3.75. The van der Waals surface area contributed by atoms with Gasteiger partial charge in [-0.05, 0) is 24.7 Å². The first-order valence-corrected chi connectivity index (χ1v) is 7.34. The maximum atomic E-state index is 12.1. The number of nitrogens with zero attached hydrogens (tertiary/aromatic N) is 1. The number of amides is 3. The Bertz CT molecular complexity index is 390. The van der Waals surface area contributed by atoms with Gasteiger partial charge in [0.25, 0.3) is 0 Å². The maximum absolute atomic E-state index is 12.1. The zero-order chi connectivity index (χ0) is 16.0. The van der Waals surface area contributed by atoms with E-state index in [9.17, 15) is 14.4 Å². The van der Waals surface area contributed by atoms with Crippen molar-refractivity contribution in [1.29, 1.82) is 0 Å². The second kappa shape index (κ2) is 7.85. The van der Waals surface area contributed by atoms with E-state index in [0.717, 1.165) is 12.8 Å². The molecule has 21 heavy (non-hydrogen) atoms. The maximum Gasteiger partial charge on any atom is 0.326 e. The normalized spacial score (nSPS) is 17.4. The lowest BCUT2D eigenvalue weighted by Crippen LogP contribution is -2.52. The minimum atomic E-state index is -1.01. The van der Waals surface area contributed by atoms with Crippen LogP contribution >= 0.6 is 0 Å². The Morgan fingerprint density at radius 1 is 1.24 bits per heavy atom. The number of piperidine rings is 1. The number of nitrogens with one attached hydrogen (secondary N) is 2. The fourth-order valence-electron chi connectivity index (χ4n) is 2.37. The van der Waals surface area contributed by atoms with Gasteiger partial charge in [-0.2, -0.15) is 0 Å². The summed E-state index contributed by atoms with van der Waals surface area (Å²) in [5.41, 5.74) is 0. The van der Waals surface area contributed by atoms with Gasteiger partial charge >= 0.3 is 12.0 Å². The van der Waals surface area contributed by atoms with Gasteiger partial charge in [0.05, 0.1) is 0 Å². The predicted molar refractivity (Wildman–Crippen MR) is 77.8 cm³/mol. The molecule has 7 nitrogen and oxygen atoms in total. The van der Waals surface area contributed by atoms with Crippen molar-refractivity contribution in [3.63, 3.8) is 0 Å². The highest BCUT2D eigenvalue weighted by Crippen LogP contribution is 2.16. The molecule has 0 saturated carbocycles. The monoisotopic (exact) mass is 299 g/mol. The third kappa shape index (κ3) is 5.61. The average Bonchev–Trinajstić information content (AvgIpc) is 2.42. The summed E-state index contributed by atoms with van der Waals surface area (Å²) in [6.07, 6.45) is 1.63. The van der Waals surface area contributed by atoms with Gasteiger partial charge in [-0.1, -0.05) is 13.8 Å². The molecular weight excluding hydrogens is 274 g/mol. The molecule has 0 radical (unpaired) electrons. The lowest BCUT2D eigenvalue weighted by Gasteiger charge is -2.33. The molecule has 0 spiro atoms. The summed E-state index contributed by atoms with van der Waals surface area (Å²) < 4.78 is 0. The minimum absolute atomic E-state index is 0.0450. The summed E-state index contributed by atoms with van der Waals surface area (Å²) in [6, 6.07) is -1.19. The molecule has 0 aromatic heterocycles. The molecule has 1 rings (SSSR count). The largest absolute Gasteiger partial charge is 0.480 e. The van der Waals surface area contributed by atoms with Crippen LogP contribution in [0.15, 0.2) is 0 Å². The van der Waals surface area contributed by atoms with E-state index in [0.29, 0.717) is 25.6 Å². The minimum Gasteiger partial charge on any atom is -0.480 e. The molecule has 1 saturated heterocycles. The van der Waals surface area contributed by atoms with Crippen LogP contribution in [0.25, 0.3) is 0 Å². The molecule has 1 atom stereocenters. The predicted octanol–water partition coefficient (Wildman–Crippen LogP) is 0.653. The van der Waals surface area contributed by atoms with E-state index < -0.39 is 12.0 Å². The van der Waals surface area contributed by atoms with E-state index >= 15 is 0 Å². The molecule has 0 aliphatic carbocycles. The molecule has 1 aliphatic rings. The highest BCUT2D eigenvalue weighted by molar-refractivity contribution is 5.82. The highest BCUT2D eigenvalue weighted by atomic mass is 16.4. The van der Waals surface area contributed by atoms with E-state index in [1.54, 1.807) is 18.7 Å². The molecule has 1 fully saturated rings. The van der Waals surface area contributed by atoms with E-state index in [1.807, 2.05) is 0 Å². The van der Waals surface area contributed by atoms with E-state index in [4.69, 9.17) is 5.11 Å². The Hall–Kier alpha value is -1.79. The topological polar surface area (TPSA) is 98.7 Å². The van der Waals surface area contributed by atoms with Crippen LogP contribution in [-0.2, 0) is 9.59 Å². The number of hydrogen-bond acceptors (Lipinski definition) is 3. The highest BCUT2D eigenvalue weighted by Gasteiger charge is 2.28. The molecule has 1 aliphatic heterocycles. The van der Waals surface area contributed by atoms with Crippen LogP contribution in [0.3, 0.4) is 0 Å². The number of aliphatic carboxylic acids is 1. The first-order valence-electron chi connectivity index (χ1n) is 7.34. The number of carbonyl (C=O) groups excluding carboxylic acids is 2. The van der Waals surface area contributed by atoms with Crippen LogP contribution in [0.1, 0.15) is 33.6 Å². The van der Waals surface area contributed by atoms with Crippen molar-refractivity contribution in [3.8, 4) is 0 Å². The van der Waals surface area contributed by atoms with Crippen LogP contribution in [0.2, 0.25) is 0 Å². The first-order chi connectivity index (χ1) is 9.81. The van der Waals surface area contributed by atoms with Gasteiger partial charge in [-0.3, -0.25) is 4.79 Å². The molecule has 1 heterocycles. The number of carbonyl (C=O) groups is 3. The van der Waals surface area contributed by atoms with Gasteiger partial charge in [-0.25, -0.2) is 9.59 Å². The van der Waals surface area contributed by atoms with Crippen LogP contribution in [-0.4, -0.2) is 53.6 Å². The van der Waals surface area contributed by atoms with E-state index in [1.165, 1.54) is 6.92 Å². The first kappa shape index (κ1) is 17.3. The Labute approximate surface area is 125 Å². The number of carboxylic acids is 1. The smallest absolute Gasteiger partial charge is 0.326 e. The van der Waals surface area contributed by atoms with Gasteiger partial charge in [0, 0.05) is 26.6 Å². The molecule has 0 aromatic rings. The van der Waals surface area contributed by atoms with Crippen LogP contribution in [0, 0.1) is 11.8 Å². The van der Waals surface area contributed by atoms with E-state index in [2.05, 4.69) is 10.6 Å². The molecular formula is C14H25N3O4. The average molecular weight is 299 g/mol. The quantitative estimate of drug-likeness (QED) is 0.694. The van der Waals surface area contributed by atoms with E-state index in [-0.39, 0.29) is 17.9 Å². The molecule has 0 aromatic carbocycles. The lowest BCUT2D eigenvalue weighted by molar-refractivity contribution is -0.140. The van der Waals surface area contributed by atoms with Crippen LogP contribution < -0.4 is 10.6 Å². The Balaban J connectivity index is 2.41. The van der Waals surface area contributed by atoms with Crippen LogP contribution in [0.5, 0.6) is 0 Å². The summed E-state index contributed by atoms with van der Waals surface area (Å²) in [5, 5.41) is 14.4. The Kier molecular flexibility index (Phi) is 6.45. The lowest BCUT2D eigenvalue weighted by atomic mass is 9.97. The van der Waals surface area contributed by atoms with Crippen molar-refractivity contribution < 1.29 is 19.5 Å². The third-order valence-corrected chi connectivity index (χ3v) is 3.75. The standard InChI is InChI=1S/C14H25N3O4/c1-9(2)12(13(19)20)16-14(21)17-6-4-11(5-7-17)8-15-10(3)18/h9,11-12H,4-8H2,1-3H3,(H,15,18)(H,16,21)(H,19,20)/t12-/m0/s1. The fourth-order valence-corrected chi connectivity index (χ4v) is 2.37. The molecule has 3 amide bonds. The van der Waals surface area contributed by atoms with Gasteiger partial charge in [0.1, 0.15) is 6.04 Å². The van der Waals surface area contributed by atoms with Crippen molar-refractivity contribution in [3.05, 3.63) is 0 Å². The number of likely N-dealkylation sites (tertiary alicyclic amines) is 1. The van der Waals surface area contributed by atoms with Gasteiger partial charge < -0.3 is 20.6 Å². The number of hydrogen-bond donors (Lipinski definition) is 3. The number of carboxylic acid groups (broad SMARTS) is 1. The van der Waals surface area contributed by atoms with Crippen molar-refractivity contribution in [2.24, 2.45) is 11.8 Å². The fraction of sp³-hybridized carbons (Fsp3) is 0.786. The van der Waals surface area contributed by atoms with Gasteiger partial charge in [0.15, 0.2) is 0 Å². The second-order valence-corrected chi connectivity index (χ2v) is 5.88. The summed E-state index contributed by atoms with van der Waals surface area (Å²) in [6.45, 7) is 6.81. The summed E-state index contributed by atoms with van der Waals surface area (Å²) in [4.78, 5) is 35.7. The molecule has 7 heteroatoms. The summed E-state index contributed by atoms with van der Waals surface area (Å²) in [7, 11) is 0. The number of urea groups is 1.